The van der Waals surface area contributed by atoms with Gasteiger partial charge < -0.3 is 9.47 Å². The molecular formula is C24H31N3O4S. The number of rotatable bonds is 9. The molecule has 0 spiro atoms. The number of benzene rings is 2. The van der Waals surface area contributed by atoms with Crippen molar-refractivity contribution < 1.29 is 19.1 Å². The maximum absolute atomic E-state index is 12.4. The number of carbonyl (C=O) groups is 2. The average molecular weight is 458 g/mol. The predicted molar refractivity (Wildman–Crippen MR) is 129 cm³/mol. The Morgan fingerprint density at radius 2 is 1.75 bits per heavy atom. The normalized spacial score (nSPS) is 12.2. The first-order valence-corrected chi connectivity index (χ1v) is 11.1. The predicted octanol–water partition coefficient (Wildman–Crippen LogP) is 4.09. The van der Waals surface area contributed by atoms with Crippen molar-refractivity contribution in [3.05, 3.63) is 59.7 Å². The van der Waals surface area contributed by atoms with Gasteiger partial charge in [-0.3, -0.25) is 25.8 Å². The first-order chi connectivity index (χ1) is 15.3. The van der Waals surface area contributed by atoms with Crippen molar-refractivity contribution in [1.29, 1.82) is 0 Å². The van der Waals surface area contributed by atoms with E-state index in [0.29, 0.717) is 23.0 Å². The molecule has 7 nitrogen and oxygen atoms in total. The van der Waals surface area contributed by atoms with E-state index in [1.807, 2.05) is 38.1 Å². The molecule has 0 aliphatic heterocycles. The van der Waals surface area contributed by atoms with Gasteiger partial charge in [-0.2, -0.15) is 0 Å². The van der Waals surface area contributed by atoms with Gasteiger partial charge in [0.05, 0.1) is 6.10 Å². The highest BCUT2D eigenvalue weighted by Crippen LogP contribution is 2.28. The topological polar surface area (TPSA) is 88.7 Å². The monoisotopic (exact) mass is 457 g/mol. The molecule has 3 N–H and O–H groups in total. The van der Waals surface area contributed by atoms with Crippen molar-refractivity contribution in [2.45, 2.75) is 52.6 Å². The Balaban J connectivity index is 1.81. The highest BCUT2D eigenvalue weighted by Gasteiger charge is 2.13. The summed E-state index contributed by atoms with van der Waals surface area (Å²) in [5.74, 6) is 0.764. The minimum absolute atomic E-state index is 0.0309. The molecule has 2 aromatic rings. The number of hydrazine groups is 1. The van der Waals surface area contributed by atoms with Gasteiger partial charge in [0, 0.05) is 5.56 Å². The van der Waals surface area contributed by atoms with Gasteiger partial charge in [0.2, 0.25) is 0 Å². The number of thiocarbonyl (C=S) groups is 1. The Morgan fingerprint density at radius 3 is 2.47 bits per heavy atom. The van der Waals surface area contributed by atoms with E-state index in [-0.39, 0.29) is 17.8 Å². The van der Waals surface area contributed by atoms with Crippen LogP contribution >= 0.6 is 12.2 Å². The van der Waals surface area contributed by atoms with Gasteiger partial charge in [0.15, 0.2) is 11.7 Å². The summed E-state index contributed by atoms with van der Waals surface area (Å²) < 4.78 is 11.4. The van der Waals surface area contributed by atoms with E-state index in [1.165, 1.54) is 0 Å². The summed E-state index contributed by atoms with van der Waals surface area (Å²) in [6, 6.07) is 14.5. The maximum Gasteiger partial charge on any atom is 0.276 e. The van der Waals surface area contributed by atoms with Crippen molar-refractivity contribution >= 4 is 29.1 Å². The smallest absolute Gasteiger partial charge is 0.276 e. The third-order valence-corrected chi connectivity index (χ3v) is 5.18. The Bertz CT molecular complexity index is 935. The van der Waals surface area contributed by atoms with Crippen molar-refractivity contribution in [2.24, 2.45) is 0 Å². The molecular weight excluding hydrogens is 426 g/mol. The zero-order valence-electron chi connectivity index (χ0n) is 18.9. The molecule has 2 amide bonds. The molecule has 0 aromatic heterocycles. The lowest BCUT2D eigenvalue weighted by molar-refractivity contribution is -0.123. The maximum atomic E-state index is 12.4. The summed E-state index contributed by atoms with van der Waals surface area (Å²) in [6.07, 6.45) is 1.87. The van der Waals surface area contributed by atoms with E-state index in [2.05, 4.69) is 30.0 Å². The lowest BCUT2D eigenvalue weighted by atomic mass is 9.98. The molecule has 2 atom stereocenters. The highest BCUT2D eigenvalue weighted by atomic mass is 32.1. The van der Waals surface area contributed by atoms with Crippen molar-refractivity contribution in [1.82, 2.24) is 16.2 Å². The average Bonchev–Trinajstić information content (AvgIpc) is 2.81. The fraction of sp³-hybridized carbons (Fsp3) is 0.375. The van der Waals surface area contributed by atoms with E-state index < -0.39 is 11.8 Å². The van der Waals surface area contributed by atoms with Crippen LogP contribution in [0.15, 0.2) is 48.5 Å². The second-order valence-electron chi connectivity index (χ2n) is 7.46. The fourth-order valence-corrected chi connectivity index (χ4v) is 2.92. The number of hydrogen-bond acceptors (Lipinski definition) is 5. The van der Waals surface area contributed by atoms with Crippen LogP contribution in [-0.2, 0) is 4.79 Å². The van der Waals surface area contributed by atoms with E-state index >= 15 is 0 Å². The first-order valence-electron chi connectivity index (χ1n) is 10.7. The summed E-state index contributed by atoms with van der Waals surface area (Å²) in [7, 11) is 0. The van der Waals surface area contributed by atoms with Crippen LogP contribution in [0, 0.1) is 0 Å². The molecule has 2 unspecified atom stereocenters. The Morgan fingerprint density at radius 1 is 1.00 bits per heavy atom. The van der Waals surface area contributed by atoms with Gasteiger partial charge >= 0.3 is 0 Å². The molecule has 0 aliphatic carbocycles. The van der Waals surface area contributed by atoms with Gasteiger partial charge in [0.1, 0.15) is 11.5 Å². The number of carbonyl (C=O) groups excluding carboxylic acids is 2. The Kier molecular flexibility index (Phi) is 9.94. The largest absolute Gasteiger partial charge is 0.491 e. The molecule has 0 bridgehead atoms. The van der Waals surface area contributed by atoms with Gasteiger partial charge in [-0.15, -0.1) is 0 Å². The van der Waals surface area contributed by atoms with Crippen molar-refractivity contribution in [3.63, 3.8) is 0 Å². The van der Waals surface area contributed by atoms with Crippen LogP contribution in [-0.4, -0.2) is 29.6 Å². The number of para-hydroxylation sites is 1. The molecule has 0 heterocycles. The Hall–Kier alpha value is -3.13. The van der Waals surface area contributed by atoms with Crippen molar-refractivity contribution in [3.8, 4) is 11.5 Å². The number of ether oxygens (including phenoxy) is 2. The zero-order chi connectivity index (χ0) is 23.5. The molecule has 172 valence electrons. The third-order valence-electron chi connectivity index (χ3n) is 4.97. The highest BCUT2D eigenvalue weighted by molar-refractivity contribution is 7.80. The fourth-order valence-electron chi connectivity index (χ4n) is 2.78. The quantitative estimate of drug-likeness (QED) is 0.388. The van der Waals surface area contributed by atoms with E-state index in [1.54, 1.807) is 24.3 Å². The van der Waals surface area contributed by atoms with Crippen LogP contribution in [0.2, 0.25) is 0 Å². The van der Waals surface area contributed by atoms with Crippen LogP contribution < -0.4 is 25.6 Å². The van der Waals surface area contributed by atoms with Gasteiger partial charge in [-0.25, -0.2) is 0 Å². The van der Waals surface area contributed by atoms with E-state index in [9.17, 15) is 9.59 Å². The minimum Gasteiger partial charge on any atom is -0.491 e. The number of nitrogens with one attached hydrogen (secondary N) is 3. The van der Waals surface area contributed by atoms with E-state index in [4.69, 9.17) is 21.7 Å². The van der Waals surface area contributed by atoms with Gasteiger partial charge in [-0.1, -0.05) is 45.0 Å². The standard InChI is InChI=1S/C24H31N3O4S/c1-5-16(3)20-12-7-8-13-21(20)30-15-22(28)26-27-24(32)25-23(29)18-10-9-11-19(14-18)31-17(4)6-2/h7-14,16-17H,5-6,15H2,1-4H3,(H,26,28)(H2,25,27,29,32). The number of hydrogen-bond donors (Lipinski definition) is 3. The molecule has 32 heavy (non-hydrogen) atoms. The lowest BCUT2D eigenvalue weighted by Gasteiger charge is -2.16. The van der Waals surface area contributed by atoms with Gasteiger partial charge in [0.25, 0.3) is 11.8 Å². The van der Waals surface area contributed by atoms with Crippen LogP contribution in [0.5, 0.6) is 11.5 Å². The summed E-state index contributed by atoms with van der Waals surface area (Å²) >= 11 is 5.09. The zero-order valence-corrected chi connectivity index (χ0v) is 19.8. The second-order valence-corrected chi connectivity index (χ2v) is 7.87. The summed E-state index contributed by atoms with van der Waals surface area (Å²) in [4.78, 5) is 24.5. The lowest BCUT2D eigenvalue weighted by Crippen LogP contribution is -2.49. The third kappa shape index (κ3) is 7.85. The molecule has 0 aliphatic rings. The molecule has 0 saturated carbocycles. The molecule has 0 radical (unpaired) electrons. The van der Waals surface area contributed by atoms with Crippen LogP contribution in [0.1, 0.15) is 62.4 Å². The molecule has 0 fully saturated rings. The van der Waals surface area contributed by atoms with Crippen LogP contribution in [0.3, 0.4) is 0 Å². The van der Waals surface area contributed by atoms with Crippen LogP contribution in [0.4, 0.5) is 0 Å². The van der Waals surface area contributed by atoms with E-state index in [0.717, 1.165) is 18.4 Å². The number of amides is 2. The Labute approximate surface area is 194 Å². The minimum atomic E-state index is -0.426. The van der Waals surface area contributed by atoms with Crippen molar-refractivity contribution in [2.75, 3.05) is 6.61 Å². The molecule has 8 heteroatoms. The molecule has 0 saturated heterocycles. The molecule has 2 rings (SSSR count). The first kappa shape index (κ1) is 25.1. The van der Waals surface area contributed by atoms with Gasteiger partial charge in [-0.05, 0) is 67.7 Å². The summed E-state index contributed by atoms with van der Waals surface area (Å²) in [5, 5.41) is 2.49. The SMILES string of the molecule is CCC(C)Oc1cccc(C(=O)NC(=S)NNC(=O)COc2ccccc2C(C)CC)c1. The molecule has 2 aromatic carbocycles. The summed E-state index contributed by atoms with van der Waals surface area (Å²) in [6.45, 7) is 8.00. The van der Waals surface area contributed by atoms with Crippen LogP contribution in [0.25, 0.3) is 0 Å². The summed E-state index contributed by atoms with van der Waals surface area (Å²) in [5.41, 5.74) is 6.38. The second kappa shape index (κ2) is 12.7.